The Hall–Kier alpha value is -0.340. The zero-order valence-electron chi connectivity index (χ0n) is 8.66. The van der Waals surface area contributed by atoms with Crippen LogP contribution < -0.4 is 0 Å². The molecule has 0 spiro atoms. The minimum atomic E-state index is -1.05. The van der Waals surface area contributed by atoms with E-state index in [9.17, 15) is 10.2 Å². The quantitative estimate of drug-likeness (QED) is 0.622. The van der Waals surface area contributed by atoms with Gasteiger partial charge in [-0.1, -0.05) is 32.4 Å². The maximum atomic E-state index is 10.0. The lowest BCUT2D eigenvalue weighted by atomic mass is 9.89. The molecule has 2 unspecified atom stereocenters. The molecule has 77 valence electrons. The second-order valence-corrected chi connectivity index (χ2v) is 3.36. The lowest BCUT2D eigenvalue weighted by Gasteiger charge is -2.29. The maximum Gasteiger partial charge on any atom is 0.108 e. The molecule has 0 heterocycles. The molecule has 2 N–H and O–H groups in total. The Bertz CT molecular complexity index is 154. The van der Waals surface area contributed by atoms with Gasteiger partial charge in [-0.05, 0) is 26.2 Å². The topological polar surface area (TPSA) is 40.5 Å². The van der Waals surface area contributed by atoms with E-state index in [0.29, 0.717) is 19.3 Å². The van der Waals surface area contributed by atoms with E-state index in [1.807, 2.05) is 13.8 Å². The fourth-order valence-electron chi connectivity index (χ4n) is 1.40. The molecule has 0 rings (SSSR count). The highest BCUT2D eigenvalue weighted by atomic mass is 16.3. The second-order valence-electron chi connectivity index (χ2n) is 3.36. The van der Waals surface area contributed by atoms with Gasteiger partial charge >= 0.3 is 0 Å². The first-order chi connectivity index (χ1) is 6.10. The van der Waals surface area contributed by atoms with Crippen LogP contribution in [0, 0.1) is 6.92 Å². The zero-order chi connectivity index (χ0) is 10.3. The van der Waals surface area contributed by atoms with Crippen LogP contribution in [-0.4, -0.2) is 21.9 Å². The smallest absolute Gasteiger partial charge is 0.108 e. The van der Waals surface area contributed by atoms with Crippen LogP contribution in [0.25, 0.3) is 0 Å². The molecule has 0 saturated carbocycles. The van der Waals surface area contributed by atoms with Gasteiger partial charge in [-0.3, -0.25) is 0 Å². The van der Waals surface area contributed by atoms with E-state index < -0.39 is 11.7 Å². The number of hydrogen-bond acceptors (Lipinski definition) is 2. The van der Waals surface area contributed by atoms with E-state index in [1.54, 1.807) is 12.2 Å². The minimum absolute atomic E-state index is 0.567. The van der Waals surface area contributed by atoms with Gasteiger partial charge in [-0.2, -0.15) is 0 Å². The highest BCUT2D eigenvalue weighted by Crippen LogP contribution is 2.21. The molecule has 2 nitrogen and oxygen atoms in total. The van der Waals surface area contributed by atoms with Gasteiger partial charge in [0.25, 0.3) is 0 Å². The predicted molar refractivity (Wildman–Crippen MR) is 55.3 cm³/mol. The Morgan fingerprint density at radius 1 is 1.46 bits per heavy atom. The highest BCUT2D eigenvalue weighted by molar-refractivity contribution is 5.04. The summed E-state index contributed by atoms with van der Waals surface area (Å²) in [5.74, 6) is 0. The second kappa shape index (κ2) is 6.17. The lowest BCUT2D eigenvalue weighted by molar-refractivity contribution is -0.0464. The van der Waals surface area contributed by atoms with E-state index in [4.69, 9.17) is 0 Å². The first kappa shape index (κ1) is 12.7. The molecule has 0 aliphatic carbocycles. The van der Waals surface area contributed by atoms with E-state index in [2.05, 4.69) is 6.92 Å². The van der Waals surface area contributed by atoms with Crippen LogP contribution in [0.2, 0.25) is 0 Å². The third kappa shape index (κ3) is 3.92. The van der Waals surface area contributed by atoms with Gasteiger partial charge in [-0.15, -0.1) is 0 Å². The van der Waals surface area contributed by atoms with Crippen molar-refractivity contribution in [2.75, 3.05) is 0 Å². The van der Waals surface area contributed by atoms with Gasteiger partial charge in [0.05, 0.1) is 6.10 Å². The van der Waals surface area contributed by atoms with E-state index in [0.717, 1.165) is 6.42 Å². The van der Waals surface area contributed by atoms with Crippen LogP contribution in [0.3, 0.4) is 0 Å². The SMILES string of the molecule is [CH2]CC=CC(O)(CCC)C(O)CC. The van der Waals surface area contributed by atoms with E-state index in [-0.39, 0.29) is 0 Å². The maximum absolute atomic E-state index is 10.0. The summed E-state index contributed by atoms with van der Waals surface area (Å²) < 4.78 is 0. The average Bonchev–Trinajstić information content (AvgIpc) is 2.14. The fourth-order valence-corrected chi connectivity index (χ4v) is 1.40. The summed E-state index contributed by atoms with van der Waals surface area (Å²) in [6, 6.07) is 0. The molecule has 0 aliphatic rings. The van der Waals surface area contributed by atoms with Crippen molar-refractivity contribution in [3.05, 3.63) is 19.1 Å². The summed E-state index contributed by atoms with van der Waals surface area (Å²) in [5.41, 5.74) is -1.05. The van der Waals surface area contributed by atoms with E-state index in [1.165, 1.54) is 0 Å². The first-order valence-corrected chi connectivity index (χ1v) is 4.98. The predicted octanol–water partition coefficient (Wildman–Crippen LogP) is 2.07. The Kier molecular flexibility index (Phi) is 6.00. The Morgan fingerprint density at radius 2 is 2.08 bits per heavy atom. The van der Waals surface area contributed by atoms with Crippen LogP contribution in [0.1, 0.15) is 39.5 Å². The molecule has 0 amide bonds. The molecule has 0 aromatic carbocycles. The summed E-state index contributed by atoms with van der Waals surface area (Å²) in [5, 5.41) is 19.7. The molecular weight excluding hydrogens is 164 g/mol. The van der Waals surface area contributed by atoms with Crippen molar-refractivity contribution in [2.24, 2.45) is 0 Å². The molecule has 0 fully saturated rings. The minimum Gasteiger partial charge on any atom is -0.390 e. The Labute approximate surface area is 81.3 Å². The average molecular weight is 185 g/mol. The highest BCUT2D eigenvalue weighted by Gasteiger charge is 2.30. The molecule has 13 heavy (non-hydrogen) atoms. The van der Waals surface area contributed by atoms with E-state index >= 15 is 0 Å². The Balaban J connectivity index is 4.41. The molecule has 0 saturated heterocycles. The normalized spacial score (nSPS) is 18.8. The van der Waals surface area contributed by atoms with Crippen molar-refractivity contribution in [1.82, 2.24) is 0 Å². The van der Waals surface area contributed by atoms with Gasteiger partial charge in [-0.25, -0.2) is 0 Å². The van der Waals surface area contributed by atoms with Crippen molar-refractivity contribution >= 4 is 0 Å². The van der Waals surface area contributed by atoms with Crippen LogP contribution in [0.5, 0.6) is 0 Å². The van der Waals surface area contributed by atoms with Crippen LogP contribution in [0.4, 0.5) is 0 Å². The van der Waals surface area contributed by atoms with Crippen molar-refractivity contribution in [3.63, 3.8) is 0 Å². The standard InChI is InChI=1S/C11H21O2/c1-4-7-9-11(13,8-5-2)10(12)6-3/h7,9-10,12-13H,1,4-6,8H2,2-3H3. The molecule has 0 bridgehead atoms. The molecule has 0 aromatic rings. The third-order valence-electron chi connectivity index (χ3n) is 2.19. The van der Waals surface area contributed by atoms with Crippen molar-refractivity contribution in [3.8, 4) is 0 Å². The van der Waals surface area contributed by atoms with Gasteiger partial charge in [0.15, 0.2) is 0 Å². The first-order valence-electron chi connectivity index (χ1n) is 4.98. The number of hydrogen-bond donors (Lipinski definition) is 2. The lowest BCUT2D eigenvalue weighted by Crippen LogP contribution is -2.39. The van der Waals surface area contributed by atoms with Crippen LogP contribution in [-0.2, 0) is 0 Å². The van der Waals surface area contributed by atoms with Gasteiger partial charge in [0, 0.05) is 0 Å². The molecule has 2 atom stereocenters. The molecule has 2 heteroatoms. The van der Waals surface area contributed by atoms with Crippen LogP contribution in [0.15, 0.2) is 12.2 Å². The van der Waals surface area contributed by atoms with Gasteiger partial charge in [0.1, 0.15) is 5.60 Å². The summed E-state index contributed by atoms with van der Waals surface area (Å²) in [6.45, 7) is 7.51. The summed E-state index contributed by atoms with van der Waals surface area (Å²) in [6.07, 6.45) is 5.47. The van der Waals surface area contributed by atoms with Crippen molar-refractivity contribution in [2.45, 2.75) is 51.2 Å². The number of aliphatic hydroxyl groups is 2. The Morgan fingerprint density at radius 3 is 2.46 bits per heavy atom. The van der Waals surface area contributed by atoms with Gasteiger partial charge < -0.3 is 10.2 Å². The van der Waals surface area contributed by atoms with Crippen molar-refractivity contribution < 1.29 is 10.2 Å². The number of allylic oxidation sites excluding steroid dienone is 1. The van der Waals surface area contributed by atoms with Gasteiger partial charge in [0.2, 0.25) is 0 Å². The molecule has 0 aromatic heterocycles. The van der Waals surface area contributed by atoms with Crippen LogP contribution >= 0.6 is 0 Å². The summed E-state index contributed by atoms with van der Waals surface area (Å²) in [4.78, 5) is 0. The molecular formula is C11H21O2. The number of rotatable bonds is 6. The summed E-state index contributed by atoms with van der Waals surface area (Å²) >= 11 is 0. The summed E-state index contributed by atoms with van der Waals surface area (Å²) in [7, 11) is 0. The largest absolute Gasteiger partial charge is 0.390 e. The molecule has 1 radical (unpaired) electrons. The number of aliphatic hydroxyl groups excluding tert-OH is 1. The third-order valence-corrected chi connectivity index (χ3v) is 2.19. The fraction of sp³-hybridized carbons (Fsp3) is 0.727. The molecule has 0 aliphatic heterocycles. The van der Waals surface area contributed by atoms with Crippen molar-refractivity contribution in [1.29, 1.82) is 0 Å². The monoisotopic (exact) mass is 185 g/mol. The zero-order valence-corrected chi connectivity index (χ0v) is 8.66.